The number of phosphoric acid groups is 1. The average Bonchev–Trinajstić information content (AvgIpc) is 2.46. The third kappa shape index (κ3) is 6.71. The van der Waals surface area contributed by atoms with E-state index in [9.17, 15) is 24.4 Å². The van der Waals surface area contributed by atoms with Crippen molar-refractivity contribution in [2.24, 2.45) is 11.7 Å². The first-order valence-corrected chi connectivity index (χ1v) is 8.79. The molecule has 0 aromatic heterocycles. The van der Waals surface area contributed by atoms with Crippen LogP contribution in [0.3, 0.4) is 0 Å². The fourth-order valence-corrected chi connectivity index (χ4v) is 2.31. The maximum Gasteiger partial charge on any atom is 0.524 e. The van der Waals surface area contributed by atoms with Crippen LogP contribution in [0.2, 0.25) is 0 Å². The van der Waals surface area contributed by atoms with Gasteiger partial charge in [-0.05, 0) is 23.6 Å². The van der Waals surface area contributed by atoms with Gasteiger partial charge >= 0.3 is 13.8 Å². The largest absolute Gasteiger partial charge is 0.524 e. The number of nitrogens with one attached hydrogen (secondary N) is 1. The van der Waals surface area contributed by atoms with Gasteiger partial charge in [-0.3, -0.25) is 14.6 Å². The summed E-state index contributed by atoms with van der Waals surface area (Å²) in [4.78, 5) is 40.7. The number of hydrogen-bond donors (Lipinski definition) is 6. The van der Waals surface area contributed by atoms with Gasteiger partial charge in [-0.15, -0.1) is 0 Å². The van der Waals surface area contributed by atoms with Crippen LogP contribution >= 0.6 is 7.82 Å². The lowest BCUT2D eigenvalue weighted by atomic mass is 10.0. The fraction of sp³-hybridized carbons (Fsp3) is 0.429. The van der Waals surface area contributed by atoms with E-state index < -0.39 is 43.3 Å². The summed E-state index contributed by atoms with van der Waals surface area (Å²) in [5, 5.41) is 21.3. The van der Waals surface area contributed by atoms with Gasteiger partial charge in [0.05, 0.1) is 6.04 Å². The summed E-state index contributed by atoms with van der Waals surface area (Å²) in [7, 11) is -4.84. The zero-order chi connectivity index (χ0) is 19.4. The zero-order valence-corrected chi connectivity index (χ0v) is 14.5. The van der Waals surface area contributed by atoms with Crippen molar-refractivity contribution in [3.8, 4) is 11.5 Å². The fourth-order valence-electron chi connectivity index (χ4n) is 1.90. The van der Waals surface area contributed by atoms with E-state index in [-0.39, 0.29) is 12.3 Å². The minimum absolute atomic E-state index is 0.171. The smallest absolute Gasteiger partial charge is 0.504 e. The molecule has 1 rings (SSSR count). The Balaban J connectivity index is 2.89. The highest BCUT2D eigenvalue weighted by molar-refractivity contribution is 7.46. The lowest BCUT2D eigenvalue weighted by Crippen LogP contribution is -2.51. The number of carboxylic acid groups (broad SMARTS) is 1. The standard InChI is InChI=1S/C14H21N2O8P/c1-7(2)12(15)13(18)16-9(14(19)20)5-8-3-4-11(10(17)6-8)24-25(21,22)23/h3-4,6-7,9,12,17H,5,15H2,1-2H3,(H,16,18)(H,19,20)(H2,21,22,23)/t9-,12-/m0/s1. The summed E-state index contributed by atoms with van der Waals surface area (Å²) in [6, 6.07) is 1.34. The Kier molecular flexibility index (Phi) is 6.95. The first-order valence-electron chi connectivity index (χ1n) is 7.26. The number of phosphoric ester groups is 1. The average molecular weight is 376 g/mol. The molecule has 0 aliphatic heterocycles. The number of phenols is 1. The topological polar surface area (TPSA) is 179 Å². The number of phenolic OH excluding ortho intramolecular Hbond substituents is 1. The molecule has 0 aliphatic carbocycles. The van der Waals surface area contributed by atoms with Gasteiger partial charge in [0.25, 0.3) is 0 Å². The van der Waals surface area contributed by atoms with Crippen molar-refractivity contribution in [1.82, 2.24) is 5.32 Å². The minimum Gasteiger partial charge on any atom is -0.504 e. The summed E-state index contributed by atoms with van der Waals surface area (Å²) in [6.07, 6.45) is -0.171. The molecule has 0 unspecified atom stereocenters. The molecule has 0 saturated heterocycles. The second-order valence-electron chi connectivity index (χ2n) is 5.76. The van der Waals surface area contributed by atoms with E-state index >= 15 is 0 Å². The number of carbonyl (C=O) groups is 2. The van der Waals surface area contributed by atoms with Gasteiger partial charge < -0.3 is 25.8 Å². The Morgan fingerprint density at radius 1 is 1.32 bits per heavy atom. The lowest BCUT2D eigenvalue weighted by molar-refractivity contribution is -0.142. The summed E-state index contributed by atoms with van der Waals surface area (Å²) < 4.78 is 15.0. The molecule has 0 saturated carbocycles. The minimum atomic E-state index is -4.84. The van der Waals surface area contributed by atoms with E-state index in [0.29, 0.717) is 5.56 Å². The van der Waals surface area contributed by atoms with Gasteiger partial charge in [-0.2, -0.15) is 0 Å². The van der Waals surface area contributed by atoms with E-state index in [1.165, 1.54) is 6.07 Å². The van der Waals surface area contributed by atoms with Crippen LogP contribution in [0.15, 0.2) is 18.2 Å². The number of nitrogens with two attached hydrogens (primary N) is 1. The number of amides is 1. The van der Waals surface area contributed by atoms with Crippen molar-refractivity contribution >= 4 is 19.7 Å². The Morgan fingerprint density at radius 3 is 2.36 bits per heavy atom. The number of aromatic hydroxyl groups is 1. The molecule has 0 bridgehead atoms. The molecule has 0 fully saturated rings. The molecule has 0 heterocycles. The third-order valence-electron chi connectivity index (χ3n) is 3.32. The van der Waals surface area contributed by atoms with Crippen molar-refractivity contribution in [3.63, 3.8) is 0 Å². The maximum atomic E-state index is 11.9. The first kappa shape index (κ1) is 20.9. The number of carboxylic acids is 1. The van der Waals surface area contributed by atoms with Crippen LogP contribution in [0, 0.1) is 5.92 Å². The highest BCUT2D eigenvalue weighted by atomic mass is 31.2. The van der Waals surface area contributed by atoms with E-state index in [1.807, 2.05) is 0 Å². The Bertz CT molecular complexity index is 687. The molecular weight excluding hydrogens is 355 g/mol. The zero-order valence-electron chi connectivity index (χ0n) is 13.6. The van der Waals surface area contributed by atoms with Crippen molar-refractivity contribution in [2.75, 3.05) is 0 Å². The number of benzene rings is 1. The van der Waals surface area contributed by atoms with Crippen LogP contribution in [0.1, 0.15) is 19.4 Å². The predicted molar refractivity (Wildman–Crippen MR) is 86.9 cm³/mol. The molecule has 25 heavy (non-hydrogen) atoms. The Hall–Kier alpha value is -2.13. The second-order valence-corrected chi connectivity index (χ2v) is 6.92. The quantitative estimate of drug-likeness (QED) is 0.339. The molecular formula is C14H21N2O8P. The van der Waals surface area contributed by atoms with E-state index in [4.69, 9.17) is 15.5 Å². The molecule has 1 aromatic carbocycles. The van der Waals surface area contributed by atoms with Crippen molar-refractivity contribution < 1.29 is 38.7 Å². The molecule has 0 spiro atoms. The summed E-state index contributed by atoms with van der Waals surface area (Å²) in [5.74, 6) is -3.11. The monoisotopic (exact) mass is 376 g/mol. The third-order valence-corrected chi connectivity index (χ3v) is 3.75. The van der Waals surface area contributed by atoms with Crippen molar-refractivity contribution in [2.45, 2.75) is 32.4 Å². The van der Waals surface area contributed by atoms with Crippen LogP contribution in [-0.4, -0.2) is 44.0 Å². The second kappa shape index (κ2) is 8.30. The van der Waals surface area contributed by atoms with Crippen LogP contribution in [0.5, 0.6) is 11.5 Å². The summed E-state index contributed by atoms with van der Waals surface area (Å²) in [6.45, 7) is 3.44. The molecule has 0 aliphatic rings. The molecule has 10 nitrogen and oxygen atoms in total. The highest BCUT2D eigenvalue weighted by Gasteiger charge is 2.26. The van der Waals surface area contributed by atoms with Gasteiger partial charge in [-0.1, -0.05) is 19.9 Å². The molecule has 11 heteroatoms. The maximum absolute atomic E-state index is 11.9. The Morgan fingerprint density at radius 2 is 1.92 bits per heavy atom. The summed E-state index contributed by atoms with van der Waals surface area (Å²) >= 11 is 0. The van der Waals surface area contributed by atoms with Gasteiger partial charge in [-0.25, -0.2) is 9.36 Å². The van der Waals surface area contributed by atoms with Gasteiger partial charge in [0.15, 0.2) is 11.5 Å². The van der Waals surface area contributed by atoms with E-state index in [2.05, 4.69) is 9.84 Å². The van der Waals surface area contributed by atoms with Crippen LogP contribution < -0.4 is 15.6 Å². The van der Waals surface area contributed by atoms with E-state index in [1.54, 1.807) is 13.8 Å². The molecule has 1 amide bonds. The molecule has 140 valence electrons. The van der Waals surface area contributed by atoms with E-state index in [0.717, 1.165) is 12.1 Å². The van der Waals surface area contributed by atoms with Crippen LogP contribution in [0.4, 0.5) is 0 Å². The molecule has 0 radical (unpaired) electrons. The first-order chi connectivity index (χ1) is 11.4. The van der Waals surface area contributed by atoms with Crippen molar-refractivity contribution in [1.29, 1.82) is 0 Å². The van der Waals surface area contributed by atoms with Gasteiger partial charge in [0.1, 0.15) is 6.04 Å². The van der Waals surface area contributed by atoms with Crippen LogP contribution in [0.25, 0.3) is 0 Å². The SMILES string of the molecule is CC(C)[C@H](N)C(=O)N[C@@H](Cc1ccc(OP(=O)(O)O)c(O)c1)C(=O)O. The highest BCUT2D eigenvalue weighted by Crippen LogP contribution is 2.41. The Labute approximate surface area is 143 Å². The normalized spacial score (nSPS) is 14.0. The van der Waals surface area contributed by atoms with Crippen LogP contribution in [-0.2, 0) is 20.6 Å². The summed E-state index contributed by atoms with van der Waals surface area (Å²) in [5.41, 5.74) is 5.98. The molecule has 7 N–H and O–H groups in total. The lowest BCUT2D eigenvalue weighted by Gasteiger charge is -2.20. The van der Waals surface area contributed by atoms with Gasteiger partial charge in [0, 0.05) is 6.42 Å². The van der Waals surface area contributed by atoms with Crippen molar-refractivity contribution in [3.05, 3.63) is 23.8 Å². The number of hydrogen-bond acceptors (Lipinski definition) is 6. The number of aliphatic carboxylic acids is 1. The number of carbonyl (C=O) groups excluding carboxylic acids is 1. The predicted octanol–water partition coefficient (Wildman–Crippen LogP) is -0.0411. The van der Waals surface area contributed by atoms with Gasteiger partial charge in [0.2, 0.25) is 5.91 Å². The molecule has 2 atom stereocenters. The number of rotatable bonds is 8. The molecule has 1 aromatic rings.